The van der Waals surface area contributed by atoms with Gasteiger partial charge in [0.15, 0.2) is 0 Å². The van der Waals surface area contributed by atoms with Crippen molar-refractivity contribution in [3.8, 4) is 0 Å². The minimum atomic E-state index is 0.790. The molecule has 0 aromatic carbocycles. The van der Waals surface area contributed by atoms with Gasteiger partial charge in [0.05, 0.1) is 0 Å². The monoisotopic (exact) mass is 138 g/mol. The van der Waals surface area contributed by atoms with E-state index < -0.39 is 0 Å². The van der Waals surface area contributed by atoms with E-state index in [2.05, 4.69) is 6.92 Å². The molecule has 2 saturated carbocycles. The van der Waals surface area contributed by atoms with Gasteiger partial charge in [-0.25, -0.2) is 0 Å². The first kappa shape index (κ1) is 6.69. The fraction of sp³-hybridized carbons (Fsp3) is 1.00. The van der Waals surface area contributed by atoms with Crippen LogP contribution >= 0.6 is 0 Å². The second kappa shape index (κ2) is 2.25. The Morgan fingerprint density at radius 2 is 1.70 bits per heavy atom. The van der Waals surface area contributed by atoms with Gasteiger partial charge in [-0.2, -0.15) is 0 Å². The van der Waals surface area contributed by atoms with Crippen LogP contribution in [0, 0.1) is 11.3 Å². The van der Waals surface area contributed by atoms with Gasteiger partial charge in [-0.05, 0) is 37.0 Å². The van der Waals surface area contributed by atoms with Crippen LogP contribution in [0.25, 0.3) is 0 Å². The molecule has 0 nitrogen and oxygen atoms in total. The highest BCUT2D eigenvalue weighted by Gasteiger charge is 2.39. The van der Waals surface area contributed by atoms with Crippen LogP contribution in [0.2, 0.25) is 0 Å². The van der Waals surface area contributed by atoms with Crippen molar-refractivity contribution in [2.75, 3.05) is 0 Å². The third-order valence-electron chi connectivity index (χ3n) is 3.84. The molecule has 58 valence electrons. The average molecular weight is 138 g/mol. The van der Waals surface area contributed by atoms with E-state index in [1.165, 1.54) is 44.9 Å². The highest BCUT2D eigenvalue weighted by atomic mass is 14.4. The van der Waals surface area contributed by atoms with Crippen LogP contribution in [0.3, 0.4) is 0 Å². The summed E-state index contributed by atoms with van der Waals surface area (Å²) in [6, 6.07) is 0. The van der Waals surface area contributed by atoms with E-state index in [0.29, 0.717) is 0 Å². The third-order valence-corrected chi connectivity index (χ3v) is 3.84. The topological polar surface area (TPSA) is 0 Å². The smallest absolute Gasteiger partial charge is 0.0298 e. The van der Waals surface area contributed by atoms with Gasteiger partial charge < -0.3 is 0 Å². The van der Waals surface area contributed by atoms with E-state index in [9.17, 15) is 0 Å². The third kappa shape index (κ3) is 0.889. The highest BCUT2D eigenvalue weighted by molar-refractivity contribution is 4.90. The van der Waals surface area contributed by atoms with Gasteiger partial charge in [0.1, 0.15) is 0 Å². The summed E-state index contributed by atoms with van der Waals surface area (Å²) >= 11 is 0. The van der Waals surface area contributed by atoms with Gasteiger partial charge in [0, 0.05) is 0 Å². The molecule has 10 heavy (non-hydrogen) atoms. The number of hydrogen-bond acceptors (Lipinski definition) is 0. The van der Waals surface area contributed by atoms with Gasteiger partial charge in [-0.1, -0.05) is 26.2 Å². The van der Waals surface area contributed by atoms with Crippen LogP contribution in [0.5, 0.6) is 0 Å². The molecule has 0 bridgehead atoms. The molecular weight excluding hydrogens is 120 g/mol. The molecule has 0 aromatic rings. The Labute approximate surface area is 64.0 Å². The van der Waals surface area contributed by atoms with E-state index in [1.807, 2.05) is 0 Å². The molecule has 0 aromatic heterocycles. The molecule has 0 saturated heterocycles. The maximum Gasteiger partial charge on any atom is -0.0298 e. The lowest BCUT2D eigenvalue weighted by atomic mass is 9.70. The second-order valence-corrected chi connectivity index (χ2v) is 4.49. The molecule has 0 heterocycles. The summed E-state index contributed by atoms with van der Waals surface area (Å²) in [6.07, 6.45) is 10.7. The van der Waals surface area contributed by atoms with Gasteiger partial charge >= 0.3 is 0 Å². The van der Waals surface area contributed by atoms with Crippen LogP contribution < -0.4 is 0 Å². The van der Waals surface area contributed by atoms with Crippen molar-refractivity contribution >= 4 is 0 Å². The van der Waals surface area contributed by atoms with Gasteiger partial charge in [-0.15, -0.1) is 0 Å². The van der Waals surface area contributed by atoms with Crippen molar-refractivity contribution < 1.29 is 0 Å². The highest BCUT2D eigenvalue weighted by Crippen LogP contribution is 2.51. The molecular formula is C10H18. The Bertz CT molecular complexity index is 128. The lowest BCUT2D eigenvalue weighted by Crippen LogP contribution is -2.25. The molecule has 0 N–H and O–H groups in total. The molecule has 2 aliphatic carbocycles. The Morgan fingerprint density at radius 3 is 2.50 bits per heavy atom. The summed E-state index contributed by atoms with van der Waals surface area (Å²) in [5.41, 5.74) is 0.790. The Morgan fingerprint density at radius 1 is 1.00 bits per heavy atom. The van der Waals surface area contributed by atoms with Gasteiger partial charge in [0.25, 0.3) is 0 Å². The summed E-state index contributed by atoms with van der Waals surface area (Å²) in [6.45, 7) is 2.52. The fourth-order valence-electron chi connectivity index (χ4n) is 3.05. The molecule has 2 atom stereocenters. The van der Waals surface area contributed by atoms with Crippen molar-refractivity contribution in [3.63, 3.8) is 0 Å². The summed E-state index contributed by atoms with van der Waals surface area (Å²) in [4.78, 5) is 0. The molecule has 2 fully saturated rings. The van der Waals surface area contributed by atoms with E-state index in [0.717, 1.165) is 11.3 Å². The predicted octanol–water partition coefficient (Wildman–Crippen LogP) is 3.37. The van der Waals surface area contributed by atoms with E-state index in [1.54, 1.807) is 0 Å². The number of fused-ring (bicyclic) bond motifs is 1. The zero-order valence-electron chi connectivity index (χ0n) is 7.03. The normalized spacial score (nSPS) is 47.1. The number of rotatable bonds is 0. The lowest BCUT2D eigenvalue weighted by Gasteiger charge is -2.36. The van der Waals surface area contributed by atoms with Crippen molar-refractivity contribution in [3.05, 3.63) is 0 Å². The Balaban J connectivity index is 2.10. The van der Waals surface area contributed by atoms with E-state index in [4.69, 9.17) is 0 Å². The molecule has 0 unspecified atom stereocenters. The van der Waals surface area contributed by atoms with Crippen LogP contribution in [0.1, 0.15) is 51.9 Å². The summed E-state index contributed by atoms with van der Waals surface area (Å²) in [7, 11) is 0. The molecule has 2 rings (SSSR count). The summed E-state index contributed by atoms with van der Waals surface area (Å²) in [5, 5.41) is 0. The van der Waals surface area contributed by atoms with Crippen molar-refractivity contribution in [1.29, 1.82) is 0 Å². The molecule has 2 aliphatic rings. The first-order chi connectivity index (χ1) is 4.81. The van der Waals surface area contributed by atoms with Crippen LogP contribution in [-0.2, 0) is 0 Å². The first-order valence-corrected chi connectivity index (χ1v) is 4.81. The predicted molar refractivity (Wildman–Crippen MR) is 43.9 cm³/mol. The zero-order chi connectivity index (χ0) is 7.03. The second-order valence-electron chi connectivity index (χ2n) is 4.49. The van der Waals surface area contributed by atoms with Gasteiger partial charge in [0.2, 0.25) is 0 Å². The minimum absolute atomic E-state index is 0.790. The largest absolute Gasteiger partial charge is 0.0594 e. The molecule has 0 spiro atoms. The summed E-state index contributed by atoms with van der Waals surface area (Å²) in [5.74, 6) is 1.11. The minimum Gasteiger partial charge on any atom is -0.0594 e. The zero-order valence-corrected chi connectivity index (χ0v) is 7.03. The molecule has 0 amide bonds. The summed E-state index contributed by atoms with van der Waals surface area (Å²) < 4.78 is 0. The first-order valence-electron chi connectivity index (χ1n) is 4.81. The van der Waals surface area contributed by atoms with Gasteiger partial charge in [-0.3, -0.25) is 0 Å². The van der Waals surface area contributed by atoms with Crippen LogP contribution in [0.4, 0.5) is 0 Å². The van der Waals surface area contributed by atoms with Crippen LogP contribution in [0.15, 0.2) is 0 Å². The van der Waals surface area contributed by atoms with Crippen molar-refractivity contribution in [2.24, 2.45) is 11.3 Å². The Kier molecular flexibility index (Phi) is 1.51. The standard InChI is InChI=1S/C10H18/c1-10-7-3-2-5-9(10)6-4-8-10/h9H,2-8H2,1H3/t9-,10+/m0/s1. The number of hydrogen-bond donors (Lipinski definition) is 0. The van der Waals surface area contributed by atoms with Crippen LogP contribution in [-0.4, -0.2) is 0 Å². The molecule has 0 heteroatoms. The van der Waals surface area contributed by atoms with E-state index >= 15 is 0 Å². The van der Waals surface area contributed by atoms with E-state index in [-0.39, 0.29) is 0 Å². The quantitative estimate of drug-likeness (QED) is 0.481. The average Bonchev–Trinajstić information content (AvgIpc) is 2.29. The van der Waals surface area contributed by atoms with Crippen molar-refractivity contribution in [2.45, 2.75) is 51.9 Å². The molecule has 0 radical (unpaired) electrons. The van der Waals surface area contributed by atoms with Crippen molar-refractivity contribution in [1.82, 2.24) is 0 Å². The SMILES string of the molecule is C[C@]12CCCC[C@H]1CCC2. The fourth-order valence-corrected chi connectivity index (χ4v) is 3.05. The maximum atomic E-state index is 2.52. The maximum absolute atomic E-state index is 2.52. The Hall–Kier alpha value is 0. The molecule has 0 aliphatic heterocycles. The lowest BCUT2D eigenvalue weighted by molar-refractivity contribution is 0.153.